The van der Waals surface area contributed by atoms with E-state index in [2.05, 4.69) is 24.5 Å². The summed E-state index contributed by atoms with van der Waals surface area (Å²) in [4.78, 5) is 11.7. The normalized spacial score (nSPS) is 41.9. The van der Waals surface area contributed by atoms with E-state index in [0.717, 1.165) is 31.7 Å². The molecule has 2 fully saturated rings. The van der Waals surface area contributed by atoms with Crippen LogP contribution in [0, 0.1) is 11.8 Å². The summed E-state index contributed by atoms with van der Waals surface area (Å²) in [5, 5.41) is 6.36. The largest absolute Gasteiger partial charge is 0.352 e. The van der Waals surface area contributed by atoms with Crippen molar-refractivity contribution in [3.8, 4) is 0 Å². The van der Waals surface area contributed by atoms with Crippen LogP contribution in [-0.4, -0.2) is 24.5 Å². The number of amides is 1. The number of rotatable bonds is 2. The molecule has 0 aromatic heterocycles. The number of carbonyl (C=O) groups excluding carboxylic acids is 1. The van der Waals surface area contributed by atoms with Gasteiger partial charge in [-0.25, -0.2) is 0 Å². The van der Waals surface area contributed by atoms with Gasteiger partial charge in [0, 0.05) is 6.04 Å². The zero-order valence-corrected chi connectivity index (χ0v) is 9.05. The molecule has 2 rings (SSSR count). The minimum Gasteiger partial charge on any atom is -0.352 e. The maximum absolute atomic E-state index is 11.7. The van der Waals surface area contributed by atoms with Crippen LogP contribution in [0.15, 0.2) is 0 Å². The van der Waals surface area contributed by atoms with E-state index in [0.29, 0.717) is 12.0 Å². The van der Waals surface area contributed by atoms with Gasteiger partial charge in [-0.2, -0.15) is 0 Å². The lowest BCUT2D eigenvalue weighted by molar-refractivity contribution is -0.125. The second kappa shape index (κ2) is 3.89. The Kier molecular flexibility index (Phi) is 2.77. The highest BCUT2D eigenvalue weighted by atomic mass is 16.2. The Balaban J connectivity index is 1.77. The lowest BCUT2D eigenvalue weighted by Crippen LogP contribution is -2.54. The Bertz CT molecular complexity index is 223. The van der Waals surface area contributed by atoms with Crippen LogP contribution in [0.4, 0.5) is 0 Å². The van der Waals surface area contributed by atoms with Gasteiger partial charge in [0.1, 0.15) is 0 Å². The smallest absolute Gasteiger partial charge is 0.237 e. The lowest BCUT2D eigenvalue weighted by Gasteiger charge is -2.41. The summed E-state index contributed by atoms with van der Waals surface area (Å²) in [5.41, 5.74) is 0. The van der Waals surface area contributed by atoms with Gasteiger partial charge in [0.25, 0.3) is 0 Å². The molecule has 2 aliphatic rings. The highest BCUT2D eigenvalue weighted by Gasteiger charge is 2.36. The predicted molar refractivity (Wildman–Crippen MR) is 55.9 cm³/mol. The second-order valence-corrected chi connectivity index (χ2v) is 4.84. The van der Waals surface area contributed by atoms with Crippen LogP contribution in [0.3, 0.4) is 0 Å². The Morgan fingerprint density at radius 2 is 2.21 bits per heavy atom. The molecule has 3 heteroatoms. The summed E-state index contributed by atoms with van der Waals surface area (Å²) in [6.07, 6.45) is 3.29. The molecule has 0 spiro atoms. The lowest BCUT2D eigenvalue weighted by atomic mass is 9.71. The molecule has 3 nitrogen and oxygen atoms in total. The molecule has 0 aromatic carbocycles. The third-order valence-electron chi connectivity index (χ3n) is 3.86. The number of hydrogen-bond donors (Lipinski definition) is 2. The van der Waals surface area contributed by atoms with Gasteiger partial charge in [0.15, 0.2) is 0 Å². The fraction of sp³-hybridized carbons (Fsp3) is 0.909. The van der Waals surface area contributed by atoms with Crippen LogP contribution < -0.4 is 10.6 Å². The molecule has 3 unspecified atom stereocenters. The van der Waals surface area contributed by atoms with Gasteiger partial charge in [-0.1, -0.05) is 13.8 Å². The molecule has 1 aliphatic heterocycles. The van der Waals surface area contributed by atoms with Gasteiger partial charge < -0.3 is 10.6 Å². The zero-order chi connectivity index (χ0) is 10.1. The van der Waals surface area contributed by atoms with Crippen LogP contribution in [0.1, 0.15) is 33.1 Å². The first-order valence-corrected chi connectivity index (χ1v) is 5.72. The first kappa shape index (κ1) is 9.97. The Morgan fingerprint density at radius 1 is 1.43 bits per heavy atom. The molecule has 0 bridgehead atoms. The third-order valence-corrected chi connectivity index (χ3v) is 3.86. The van der Waals surface area contributed by atoms with Gasteiger partial charge in [0.05, 0.1) is 6.04 Å². The molecule has 1 saturated heterocycles. The van der Waals surface area contributed by atoms with E-state index in [1.165, 1.54) is 0 Å². The third kappa shape index (κ3) is 1.78. The summed E-state index contributed by atoms with van der Waals surface area (Å²) >= 11 is 0. The molecule has 1 heterocycles. The average molecular weight is 196 g/mol. The first-order valence-electron chi connectivity index (χ1n) is 5.72. The van der Waals surface area contributed by atoms with Gasteiger partial charge in [0.2, 0.25) is 5.91 Å². The Morgan fingerprint density at radius 3 is 2.71 bits per heavy atom. The van der Waals surface area contributed by atoms with Crippen molar-refractivity contribution in [1.82, 2.24) is 10.6 Å². The number of carbonyl (C=O) groups is 1. The SMILES string of the molecule is CC1CC(NC(=O)[C@@H]2CCCN2)C1C. The van der Waals surface area contributed by atoms with Crippen LogP contribution in [-0.2, 0) is 4.79 Å². The molecule has 1 amide bonds. The molecule has 1 aliphatic carbocycles. The molecular formula is C11H20N2O. The highest BCUT2D eigenvalue weighted by Crippen LogP contribution is 2.33. The average Bonchev–Trinajstić information content (AvgIpc) is 2.69. The molecular weight excluding hydrogens is 176 g/mol. The molecule has 2 N–H and O–H groups in total. The van der Waals surface area contributed by atoms with Gasteiger partial charge >= 0.3 is 0 Å². The van der Waals surface area contributed by atoms with E-state index in [-0.39, 0.29) is 11.9 Å². The maximum atomic E-state index is 11.7. The quantitative estimate of drug-likeness (QED) is 0.689. The standard InChI is InChI=1S/C11H20N2O/c1-7-6-10(8(7)2)13-11(14)9-4-3-5-12-9/h7-10,12H,3-6H2,1-2H3,(H,13,14)/t7?,8?,9-,10?/m0/s1. The predicted octanol–water partition coefficient (Wildman–Crippen LogP) is 0.899. The maximum Gasteiger partial charge on any atom is 0.237 e. The van der Waals surface area contributed by atoms with E-state index >= 15 is 0 Å². The minimum atomic E-state index is 0.0816. The van der Waals surface area contributed by atoms with Crippen molar-refractivity contribution in [2.75, 3.05) is 6.54 Å². The molecule has 0 aromatic rings. The Labute approximate surface area is 85.6 Å². The zero-order valence-electron chi connectivity index (χ0n) is 9.05. The van der Waals surface area contributed by atoms with Crippen molar-refractivity contribution in [3.63, 3.8) is 0 Å². The molecule has 80 valence electrons. The van der Waals surface area contributed by atoms with Gasteiger partial charge in [-0.15, -0.1) is 0 Å². The minimum absolute atomic E-state index is 0.0816. The van der Waals surface area contributed by atoms with E-state index < -0.39 is 0 Å². The van der Waals surface area contributed by atoms with Crippen molar-refractivity contribution < 1.29 is 4.79 Å². The van der Waals surface area contributed by atoms with Gasteiger partial charge in [-0.05, 0) is 37.6 Å². The second-order valence-electron chi connectivity index (χ2n) is 4.84. The van der Waals surface area contributed by atoms with E-state index in [1.807, 2.05) is 0 Å². The van der Waals surface area contributed by atoms with Crippen LogP contribution in [0.5, 0.6) is 0 Å². The fourth-order valence-electron chi connectivity index (χ4n) is 2.41. The molecule has 1 saturated carbocycles. The first-order chi connectivity index (χ1) is 6.68. The van der Waals surface area contributed by atoms with E-state index in [1.54, 1.807) is 0 Å². The van der Waals surface area contributed by atoms with Crippen LogP contribution in [0.25, 0.3) is 0 Å². The van der Waals surface area contributed by atoms with Crippen molar-refractivity contribution in [2.24, 2.45) is 11.8 Å². The van der Waals surface area contributed by atoms with Crippen LogP contribution >= 0.6 is 0 Å². The number of hydrogen-bond acceptors (Lipinski definition) is 2. The summed E-state index contributed by atoms with van der Waals surface area (Å²) in [7, 11) is 0. The number of nitrogens with one attached hydrogen (secondary N) is 2. The molecule has 0 radical (unpaired) electrons. The van der Waals surface area contributed by atoms with Crippen LogP contribution in [0.2, 0.25) is 0 Å². The summed E-state index contributed by atoms with van der Waals surface area (Å²) in [5.74, 6) is 1.64. The topological polar surface area (TPSA) is 41.1 Å². The Hall–Kier alpha value is -0.570. The molecule has 4 atom stereocenters. The van der Waals surface area contributed by atoms with Gasteiger partial charge in [-0.3, -0.25) is 4.79 Å². The van der Waals surface area contributed by atoms with E-state index in [9.17, 15) is 4.79 Å². The summed E-state index contributed by atoms with van der Waals surface area (Å²) in [6, 6.07) is 0.512. The van der Waals surface area contributed by atoms with Crippen molar-refractivity contribution in [3.05, 3.63) is 0 Å². The monoisotopic (exact) mass is 196 g/mol. The fourth-order valence-corrected chi connectivity index (χ4v) is 2.41. The van der Waals surface area contributed by atoms with Crippen molar-refractivity contribution in [1.29, 1.82) is 0 Å². The van der Waals surface area contributed by atoms with Crippen molar-refractivity contribution in [2.45, 2.75) is 45.2 Å². The summed E-state index contributed by atoms with van der Waals surface area (Å²) in [6.45, 7) is 5.47. The van der Waals surface area contributed by atoms with Crippen molar-refractivity contribution >= 4 is 5.91 Å². The highest BCUT2D eigenvalue weighted by molar-refractivity contribution is 5.82. The summed E-state index contributed by atoms with van der Waals surface area (Å²) < 4.78 is 0. The van der Waals surface area contributed by atoms with E-state index in [4.69, 9.17) is 0 Å². The molecule has 14 heavy (non-hydrogen) atoms.